The summed E-state index contributed by atoms with van der Waals surface area (Å²) in [6.07, 6.45) is 5.65. The molecule has 1 nitrogen and oxygen atoms in total. The zero-order valence-electron chi connectivity index (χ0n) is 8.67. The predicted molar refractivity (Wildman–Crippen MR) is 59.2 cm³/mol. The lowest BCUT2D eigenvalue weighted by molar-refractivity contribution is 0.156. The van der Waals surface area contributed by atoms with Gasteiger partial charge in [0.25, 0.3) is 0 Å². The second-order valence-electron chi connectivity index (χ2n) is 4.15. The first-order valence-corrected chi connectivity index (χ1v) is 5.69. The molecule has 1 rings (SSSR count). The Morgan fingerprint density at radius 3 is 2.85 bits per heavy atom. The number of allylic oxidation sites excluding steroid dienone is 1. The quantitative estimate of drug-likeness (QED) is 0.502. The Bertz CT molecular complexity index is 167. The molecule has 13 heavy (non-hydrogen) atoms. The molecule has 0 aromatic carbocycles. The summed E-state index contributed by atoms with van der Waals surface area (Å²) >= 11 is 5.90. The zero-order chi connectivity index (χ0) is 9.68. The number of likely N-dealkylation sites (tertiary alicyclic amines) is 1. The van der Waals surface area contributed by atoms with Crippen LogP contribution in [0.25, 0.3) is 0 Å². The van der Waals surface area contributed by atoms with E-state index in [-0.39, 0.29) is 0 Å². The summed E-state index contributed by atoms with van der Waals surface area (Å²) in [7, 11) is 0. The first kappa shape index (κ1) is 11.1. The lowest BCUT2D eigenvalue weighted by Gasteiger charge is -2.35. The molecule has 0 bridgehead atoms. The van der Waals surface area contributed by atoms with Gasteiger partial charge in [0.15, 0.2) is 0 Å². The Morgan fingerprint density at radius 2 is 2.23 bits per heavy atom. The highest BCUT2D eigenvalue weighted by atomic mass is 35.5. The summed E-state index contributed by atoms with van der Waals surface area (Å²) in [4.78, 5) is 2.50. The van der Waals surface area contributed by atoms with Gasteiger partial charge in [0.05, 0.1) is 0 Å². The molecular formula is C11H20ClN. The number of rotatable bonds is 3. The Morgan fingerprint density at radius 1 is 1.46 bits per heavy atom. The van der Waals surface area contributed by atoms with Crippen LogP contribution in [-0.4, -0.2) is 30.4 Å². The highest BCUT2D eigenvalue weighted by Gasteiger charge is 2.22. The molecule has 0 spiro atoms. The third-order valence-electron chi connectivity index (χ3n) is 2.64. The van der Waals surface area contributed by atoms with Crippen LogP contribution in [-0.2, 0) is 0 Å². The van der Waals surface area contributed by atoms with Crippen LogP contribution in [0.3, 0.4) is 0 Å². The second-order valence-corrected chi connectivity index (χ2v) is 4.46. The summed E-state index contributed by atoms with van der Waals surface area (Å²) in [5.41, 5.74) is 0. The van der Waals surface area contributed by atoms with Gasteiger partial charge in [-0.3, -0.25) is 4.90 Å². The van der Waals surface area contributed by atoms with Crippen LogP contribution in [0, 0.1) is 11.8 Å². The Hall–Kier alpha value is -0.0100. The van der Waals surface area contributed by atoms with Crippen LogP contribution in [0.15, 0.2) is 12.2 Å². The van der Waals surface area contributed by atoms with Crippen LogP contribution in [0.4, 0.5) is 0 Å². The van der Waals surface area contributed by atoms with E-state index in [0.717, 1.165) is 18.3 Å². The van der Waals surface area contributed by atoms with Gasteiger partial charge in [-0.1, -0.05) is 19.1 Å². The molecule has 2 unspecified atom stereocenters. The average Bonchev–Trinajstić information content (AvgIpc) is 2.14. The maximum Gasteiger partial charge on any atom is 0.0264 e. The van der Waals surface area contributed by atoms with E-state index in [1.165, 1.54) is 19.5 Å². The smallest absolute Gasteiger partial charge is 0.0264 e. The van der Waals surface area contributed by atoms with Crippen molar-refractivity contribution in [3.8, 4) is 0 Å². The second kappa shape index (κ2) is 5.66. The molecule has 0 radical (unpaired) electrons. The molecule has 0 aliphatic carbocycles. The van der Waals surface area contributed by atoms with E-state index >= 15 is 0 Å². The molecule has 2 atom stereocenters. The summed E-state index contributed by atoms with van der Waals surface area (Å²) < 4.78 is 0. The number of piperidine rings is 1. The highest BCUT2D eigenvalue weighted by molar-refractivity contribution is 6.18. The lowest BCUT2D eigenvalue weighted by Crippen LogP contribution is -2.40. The van der Waals surface area contributed by atoms with Crippen molar-refractivity contribution in [2.24, 2.45) is 11.8 Å². The molecule has 1 heterocycles. The van der Waals surface area contributed by atoms with Crippen molar-refractivity contribution < 1.29 is 0 Å². The van der Waals surface area contributed by atoms with Gasteiger partial charge < -0.3 is 0 Å². The van der Waals surface area contributed by atoms with Crippen molar-refractivity contribution in [1.29, 1.82) is 0 Å². The fourth-order valence-electron chi connectivity index (χ4n) is 2.11. The van der Waals surface area contributed by atoms with Crippen molar-refractivity contribution in [3.63, 3.8) is 0 Å². The molecule has 0 aromatic rings. The topological polar surface area (TPSA) is 3.24 Å². The molecule has 0 amide bonds. The lowest BCUT2D eigenvalue weighted by atomic mass is 9.92. The number of halogens is 1. The van der Waals surface area contributed by atoms with Gasteiger partial charge >= 0.3 is 0 Å². The van der Waals surface area contributed by atoms with Gasteiger partial charge in [-0.2, -0.15) is 0 Å². The van der Waals surface area contributed by atoms with Crippen molar-refractivity contribution in [3.05, 3.63) is 12.2 Å². The average molecular weight is 202 g/mol. The highest BCUT2D eigenvalue weighted by Crippen LogP contribution is 2.22. The molecule has 2 heteroatoms. The van der Waals surface area contributed by atoms with Crippen LogP contribution in [0.5, 0.6) is 0 Å². The van der Waals surface area contributed by atoms with E-state index in [1.807, 2.05) is 0 Å². The number of hydrogen-bond donors (Lipinski definition) is 0. The van der Waals surface area contributed by atoms with Gasteiger partial charge in [0.1, 0.15) is 0 Å². The number of alkyl halides is 1. The standard InChI is InChI=1S/C11H20ClN/c1-3-4-5-13-8-10(2)6-11(7-12)9-13/h3-4,10-11H,5-9H2,1-2H3/b4-3+. The molecular weight excluding hydrogens is 182 g/mol. The van der Waals surface area contributed by atoms with E-state index in [0.29, 0.717) is 5.92 Å². The third kappa shape index (κ3) is 3.70. The van der Waals surface area contributed by atoms with Crippen LogP contribution in [0.1, 0.15) is 20.3 Å². The first-order valence-electron chi connectivity index (χ1n) is 5.15. The van der Waals surface area contributed by atoms with Gasteiger partial charge in [-0.05, 0) is 25.2 Å². The fraction of sp³-hybridized carbons (Fsp3) is 0.818. The SMILES string of the molecule is C/C=C/CN1CC(C)CC(CCl)C1. The van der Waals surface area contributed by atoms with Gasteiger partial charge in [-0.15, -0.1) is 11.6 Å². The van der Waals surface area contributed by atoms with E-state index in [1.54, 1.807) is 0 Å². The predicted octanol–water partition coefficient (Wildman–Crippen LogP) is 2.76. The van der Waals surface area contributed by atoms with Crippen LogP contribution >= 0.6 is 11.6 Å². The first-order chi connectivity index (χ1) is 6.26. The molecule has 1 aliphatic heterocycles. The van der Waals surface area contributed by atoms with Gasteiger partial charge in [0, 0.05) is 25.5 Å². The normalized spacial score (nSPS) is 31.3. The molecule has 1 fully saturated rings. The summed E-state index contributed by atoms with van der Waals surface area (Å²) in [6.45, 7) is 7.90. The van der Waals surface area contributed by atoms with E-state index in [9.17, 15) is 0 Å². The number of hydrogen-bond acceptors (Lipinski definition) is 1. The van der Waals surface area contributed by atoms with E-state index in [4.69, 9.17) is 11.6 Å². The molecule has 1 saturated heterocycles. The van der Waals surface area contributed by atoms with Crippen molar-refractivity contribution in [2.75, 3.05) is 25.5 Å². The molecule has 0 saturated carbocycles. The maximum atomic E-state index is 5.90. The van der Waals surface area contributed by atoms with Crippen molar-refractivity contribution >= 4 is 11.6 Å². The van der Waals surface area contributed by atoms with Gasteiger partial charge in [0.2, 0.25) is 0 Å². The number of nitrogens with zero attached hydrogens (tertiary/aromatic N) is 1. The monoisotopic (exact) mass is 201 g/mol. The Kier molecular flexibility index (Phi) is 4.82. The molecule has 76 valence electrons. The van der Waals surface area contributed by atoms with E-state index in [2.05, 4.69) is 30.9 Å². The minimum Gasteiger partial charge on any atom is -0.299 e. The van der Waals surface area contributed by atoms with Crippen LogP contribution in [0.2, 0.25) is 0 Å². The molecule has 0 aromatic heterocycles. The summed E-state index contributed by atoms with van der Waals surface area (Å²) in [5, 5.41) is 0. The summed E-state index contributed by atoms with van der Waals surface area (Å²) in [5.74, 6) is 2.33. The maximum absolute atomic E-state index is 5.90. The molecule has 0 N–H and O–H groups in total. The minimum atomic E-state index is 0.704. The Labute approximate surface area is 86.8 Å². The van der Waals surface area contributed by atoms with E-state index < -0.39 is 0 Å². The zero-order valence-corrected chi connectivity index (χ0v) is 9.43. The molecule has 1 aliphatic rings. The Balaban J connectivity index is 2.37. The van der Waals surface area contributed by atoms with Crippen molar-refractivity contribution in [1.82, 2.24) is 4.90 Å². The minimum absolute atomic E-state index is 0.704. The largest absolute Gasteiger partial charge is 0.299 e. The van der Waals surface area contributed by atoms with Crippen molar-refractivity contribution in [2.45, 2.75) is 20.3 Å². The van der Waals surface area contributed by atoms with Gasteiger partial charge in [-0.25, -0.2) is 0 Å². The third-order valence-corrected chi connectivity index (χ3v) is 3.08. The summed E-state index contributed by atoms with van der Waals surface area (Å²) in [6, 6.07) is 0. The van der Waals surface area contributed by atoms with Crippen LogP contribution < -0.4 is 0 Å². The fourth-order valence-corrected chi connectivity index (χ4v) is 2.34.